The van der Waals surface area contributed by atoms with E-state index >= 15 is 0 Å². The SMILES string of the molecule is Cc1cc(Nc2nc(N3CCC[C@H](N)C3)nc(N3C[C@H](N)C[C@H](N)C3)n2)c2ccccc2n1. The van der Waals surface area contributed by atoms with Crippen molar-refractivity contribution in [3.63, 3.8) is 0 Å². The minimum atomic E-state index is -0.0134. The van der Waals surface area contributed by atoms with Crippen molar-refractivity contribution in [1.29, 1.82) is 0 Å². The first kappa shape index (κ1) is 21.7. The van der Waals surface area contributed by atoms with E-state index in [4.69, 9.17) is 32.2 Å². The molecule has 2 aromatic heterocycles. The van der Waals surface area contributed by atoms with Crippen molar-refractivity contribution >= 4 is 34.4 Å². The van der Waals surface area contributed by atoms with Crippen molar-refractivity contribution in [2.24, 2.45) is 17.2 Å². The lowest BCUT2D eigenvalue weighted by atomic mass is 10.0. The predicted molar refractivity (Wildman–Crippen MR) is 132 cm³/mol. The highest BCUT2D eigenvalue weighted by atomic mass is 15.4. The summed E-state index contributed by atoms with van der Waals surface area (Å²) in [7, 11) is 0. The topological polar surface area (TPSA) is 148 Å². The van der Waals surface area contributed by atoms with Crippen LogP contribution in [0.1, 0.15) is 25.0 Å². The zero-order valence-corrected chi connectivity index (χ0v) is 19.0. The number of aryl methyl sites for hydroxylation is 1. The third kappa shape index (κ3) is 4.82. The van der Waals surface area contributed by atoms with Gasteiger partial charge in [0.25, 0.3) is 0 Å². The van der Waals surface area contributed by atoms with Crippen LogP contribution in [0.5, 0.6) is 0 Å². The Morgan fingerprint density at radius 3 is 2.33 bits per heavy atom. The Hall–Kier alpha value is -3.08. The first-order valence-corrected chi connectivity index (χ1v) is 11.6. The van der Waals surface area contributed by atoms with Crippen molar-refractivity contribution in [1.82, 2.24) is 19.9 Å². The van der Waals surface area contributed by atoms with E-state index in [0.717, 1.165) is 54.6 Å². The molecular weight excluding hydrogens is 416 g/mol. The first-order valence-electron chi connectivity index (χ1n) is 11.6. The average molecular weight is 449 g/mol. The van der Waals surface area contributed by atoms with E-state index in [1.165, 1.54) is 0 Å². The maximum Gasteiger partial charge on any atom is 0.233 e. The Bertz CT molecular complexity index is 1130. The number of aromatic nitrogens is 4. The van der Waals surface area contributed by atoms with Gasteiger partial charge in [-0.1, -0.05) is 18.2 Å². The van der Waals surface area contributed by atoms with Gasteiger partial charge in [-0.15, -0.1) is 0 Å². The van der Waals surface area contributed by atoms with Gasteiger partial charge in [0.2, 0.25) is 17.8 Å². The molecule has 0 amide bonds. The van der Waals surface area contributed by atoms with E-state index in [2.05, 4.69) is 20.1 Å². The van der Waals surface area contributed by atoms with Crippen LogP contribution in [0.15, 0.2) is 30.3 Å². The minimum absolute atomic E-state index is 0.0134. The van der Waals surface area contributed by atoms with E-state index in [1.807, 2.05) is 37.3 Å². The quantitative estimate of drug-likeness (QED) is 0.460. The number of nitrogens with two attached hydrogens (primary N) is 3. The van der Waals surface area contributed by atoms with Crippen LogP contribution in [0, 0.1) is 6.92 Å². The molecule has 3 atom stereocenters. The fraction of sp³-hybridized carbons (Fsp3) is 0.478. The number of benzene rings is 1. The number of hydrogen-bond donors (Lipinski definition) is 4. The van der Waals surface area contributed by atoms with Crippen molar-refractivity contribution in [2.75, 3.05) is 41.3 Å². The number of para-hydroxylation sites is 1. The fourth-order valence-corrected chi connectivity index (χ4v) is 4.76. The molecule has 2 aliphatic rings. The molecule has 10 heteroatoms. The Kier molecular flexibility index (Phi) is 5.96. The van der Waals surface area contributed by atoms with Crippen molar-refractivity contribution < 1.29 is 0 Å². The number of fused-ring (bicyclic) bond motifs is 1. The van der Waals surface area contributed by atoms with Crippen LogP contribution in [0.25, 0.3) is 10.9 Å². The molecule has 1 aromatic carbocycles. The molecule has 2 aliphatic heterocycles. The summed E-state index contributed by atoms with van der Waals surface area (Å²) < 4.78 is 0. The molecule has 5 rings (SSSR count). The monoisotopic (exact) mass is 448 g/mol. The lowest BCUT2D eigenvalue weighted by Gasteiger charge is -2.35. The summed E-state index contributed by atoms with van der Waals surface area (Å²) >= 11 is 0. The highest BCUT2D eigenvalue weighted by molar-refractivity contribution is 5.92. The number of nitrogens with zero attached hydrogens (tertiary/aromatic N) is 6. The van der Waals surface area contributed by atoms with Crippen LogP contribution in [0.2, 0.25) is 0 Å². The number of nitrogens with one attached hydrogen (secondary N) is 1. The van der Waals surface area contributed by atoms with E-state index in [9.17, 15) is 0 Å². The summed E-state index contributed by atoms with van der Waals surface area (Å²) in [5, 5.41) is 4.44. The molecule has 2 fully saturated rings. The highest BCUT2D eigenvalue weighted by Crippen LogP contribution is 2.28. The Labute approximate surface area is 193 Å². The molecule has 4 heterocycles. The van der Waals surface area contributed by atoms with Crippen LogP contribution >= 0.6 is 0 Å². The van der Waals surface area contributed by atoms with Gasteiger partial charge in [-0.3, -0.25) is 4.98 Å². The molecule has 0 unspecified atom stereocenters. The second kappa shape index (κ2) is 9.05. The van der Waals surface area contributed by atoms with Crippen LogP contribution in [-0.4, -0.2) is 64.2 Å². The van der Waals surface area contributed by atoms with Crippen molar-refractivity contribution in [3.05, 3.63) is 36.0 Å². The molecule has 7 N–H and O–H groups in total. The molecule has 3 aromatic rings. The second-order valence-electron chi connectivity index (χ2n) is 9.22. The molecule has 0 saturated carbocycles. The summed E-state index contributed by atoms with van der Waals surface area (Å²) in [6.07, 6.45) is 2.82. The Morgan fingerprint density at radius 1 is 0.879 bits per heavy atom. The van der Waals surface area contributed by atoms with Gasteiger partial charge in [-0.05, 0) is 38.3 Å². The smallest absolute Gasteiger partial charge is 0.233 e. The van der Waals surface area contributed by atoms with Gasteiger partial charge >= 0.3 is 0 Å². The van der Waals surface area contributed by atoms with Gasteiger partial charge in [0.05, 0.1) is 11.2 Å². The predicted octanol–water partition coefficient (Wildman–Crippen LogP) is 1.26. The molecule has 10 nitrogen and oxygen atoms in total. The van der Waals surface area contributed by atoms with Gasteiger partial charge in [0.1, 0.15) is 0 Å². The third-order valence-electron chi connectivity index (χ3n) is 6.24. The van der Waals surface area contributed by atoms with E-state index in [-0.39, 0.29) is 18.1 Å². The van der Waals surface area contributed by atoms with Gasteiger partial charge in [-0.2, -0.15) is 15.0 Å². The standard InChI is InChI=1S/C23H32N10/c1-14-9-20(18-6-2-3-7-19(18)27-14)28-21-29-22(32-8-4-5-15(24)11-32)31-23(30-21)33-12-16(25)10-17(26)13-33/h2-3,6-7,9,15-17H,4-5,8,10-13,24-26H2,1H3,(H,27,28,29,30,31)/t15-,16-,17+/m0/s1. The molecule has 2 saturated heterocycles. The normalized spacial score (nSPS) is 23.7. The highest BCUT2D eigenvalue weighted by Gasteiger charge is 2.27. The minimum Gasteiger partial charge on any atom is -0.339 e. The Morgan fingerprint density at radius 2 is 1.58 bits per heavy atom. The number of anilines is 4. The van der Waals surface area contributed by atoms with Gasteiger partial charge < -0.3 is 32.3 Å². The zero-order chi connectivity index (χ0) is 22.9. The summed E-state index contributed by atoms with van der Waals surface area (Å²) in [4.78, 5) is 23.2. The molecule has 0 bridgehead atoms. The molecule has 0 aliphatic carbocycles. The van der Waals surface area contributed by atoms with E-state index < -0.39 is 0 Å². The second-order valence-corrected chi connectivity index (χ2v) is 9.22. The number of piperidine rings is 2. The average Bonchev–Trinajstić information content (AvgIpc) is 2.78. The third-order valence-corrected chi connectivity index (χ3v) is 6.24. The summed E-state index contributed by atoms with van der Waals surface area (Å²) in [5.74, 6) is 1.69. The maximum atomic E-state index is 6.25. The first-order chi connectivity index (χ1) is 15.9. The number of rotatable bonds is 4. The van der Waals surface area contributed by atoms with E-state index in [1.54, 1.807) is 0 Å². The summed E-state index contributed by atoms with van der Waals surface area (Å²) in [6, 6.07) is 10.1. The lowest BCUT2D eigenvalue weighted by molar-refractivity contribution is 0.446. The van der Waals surface area contributed by atoms with E-state index in [0.29, 0.717) is 30.9 Å². The van der Waals surface area contributed by atoms with Gasteiger partial charge in [0.15, 0.2) is 0 Å². The number of pyridine rings is 1. The lowest BCUT2D eigenvalue weighted by Crippen LogP contribution is -2.53. The molecular formula is C23H32N10. The van der Waals surface area contributed by atoms with Crippen LogP contribution in [0.4, 0.5) is 23.5 Å². The molecule has 0 radical (unpaired) electrons. The zero-order valence-electron chi connectivity index (χ0n) is 19.0. The van der Waals surface area contributed by atoms with Gasteiger partial charge in [-0.25, -0.2) is 0 Å². The Balaban J connectivity index is 1.54. The number of hydrogen-bond acceptors (Lipinski definition) is 10. The fourth-order valence-electron chi connectivity index (χ4n) is 4.76. The largest absolute Gasteiger partial charge is 0.339 e. The van der Waals surface area contributed by atoms with Crippen molar-refractivity contribution in [3.8, 4) is 0 Å². The molecule has 33 heavy (non-hydrogen) atoms. The van der Waals surface area contributed by atoms with Crippen LogP contribution < -0.4 is 32.3 Å². The maximum absolute atomic E-state index is 6.25. The van der Waals surface area contributed by atoms with Crippen molar-refractivity contribution in [2.45, 2.75) is 44.3 Å². The molecule has 174 valence electrons. The summed E-state index contributed by atoms with van der Waals surface area (Å²) in [6.45, 7) is 4.89. The van der Waals surface area contributed by atoms with Crippen LogP contribution in [0.3, 0.4) is 0 Å². The van der Waals surface area contributed by atoms with Crippen LogP contribution in [-0.2, 0) is 0 Å². The molecule has 0 spiro atoms. The van der Waals surface area contributed by atoms with Gasteiger partial charge in [0, 0.05) is 55.4 Å². The summed E-state index contributed by atoms with van der Waals surface area (Å²) in [5.41, 5.74) is 21.5.